The molecule has 2 aromatic heterocycles. The van der Waals surface area contributed by atoms with E-state index in [1.54, 1.807) is 0 Å². The Morgan fingerprint density at radius 3 is 3.15 bits per heavy atom. The Labute approximate surface area is 73.1 Å². The van der Waals surface area contributed by atoms with Crippen LogP contribution >= 0.6 is 0 Å². The molecule has 0 fully saturated rings. The Bertz CT molecular complexity index is 451. The van der Waals surface area contributed by atoms with Gasteiger partial charge in [0.1, 0.15) is 5.69 Å². The molecule has 1 aliphatic rings. The van der Waals surface area contributed by atoms with Crippen LogP contribution in [0.25, 0.3) is 17.6 Å². The van der Waals surface area contributed by atoms with Gasteiger partial charge in [-0.25, -0.2) is 0 Å². The van der Waals surface area contributed by atoms with Crippen LogP contribution < -0.4 is 0 Å². The maximum Gasteiger partial charge on any atom is 0.225 e. The van der Waals surface area contributed by atoms with Crippen LogP contribution in [0.2, 0.25) is 0 Å². The molecule has 3 rings (SSSR count). The minimum absolute atomic E-state index is 0.532. The maximum absolute atomic E-state index is 4.12. The summed E-state index contributed by atoms with van der Waals surface area (Å²) in [7, 11) is 0. The average molecular weight is 174 g/mol. The van der Waals surface area contributed by atoms with Crippen molar-refractivity contribution in [1.29, 1.82) is 0 Å². The molecule has 0 saturated carbocycles. The Morgan fingerprint density at radius 1 is 1.31 bits per heavy atom. The molecule has 13 heavy (non-hydrogen) atoms. The molecule has 0 unspecified atom stereocenters. The molecule has 0 spiro atoms. The smallest absolute Gasteiger partial charge is 0.225 e. The summed E-state index contributed by atoms with van der Waals surface area (Å²) in [5, 5.41) is 20.7. The first kappa shape index (κ1) is 6.53. The van der Waals surface area contributed by atoms with Crippen molar-refractivity contribution in [2.24, 2.45) is 0 Å². The van der Waals surface area contributed by atoms with Crippen LogP contribution in [0.15, 0.2) is 6.08 Å². The molecule has 0 aliphatic heterocycles. The standard InChI is InChI=1S/C7H6N6/c1-2-4-5(3-1)8-9-6(4)7-10-12-13-11-7/h1-2H,3H2,(H,8,9)(H,10,11,12,13). The summed E-state index contributed by atoms with van der Waals surface area (Å²) >= 11 is 0. The normalized spacial score (nSPS) is 13.5. The van der Waals surface area contributed by atoms with E-state index in [-0.39, 0.29) is 0 Å². The highest BCUT2D eigenvalue weighted by atomic mass is 15.5. The van der Waals surface area contributed by atoms with Crippen molar-refractivity contribution >= 4 is 6.08 Å². The van der Waals surface area contributed by atoms with Crippen LogP contribution in [-0.2, 0) is 6.42 Å². The lowest BCUT2D eigenvalue weighted by molar-refractivity contribution is 0.881. The van der Waals surface area contributed by atoms with Crippen LogP contribution in [0.5, 0.6) is 0 Å². The highest BCUT2D eigenvalue weighted by Crippen LogP contribution is 2.25. The van der Waals surface area contributed by atoms with E-state index in [2.05, 4.69) is 36.9 Å². The topological polar surface area (TPSA) is 83.1 Å². The molecule has 2 heterocycles. The number of fused-ring (bicyclic) bond motifs is 1. The van der Waals surface area contributed by atoms with Crippen LogP contribution in [0.4, 0.5) is 0 Å². The fourth-order valence-corrected chi connectivity index (χ4v) is 1.45. The number of aromatic amines is 2. The van der Waals surface area contributed by atoms with E-state index < -0.39 is 0 Å². The van der Waals surface area contributed by atoms with Crippen molar-refractivity contribution in [3.05, 3.63) is 17.3 Å². The van der Waals surface area contributed by atoms with Crippen LogP contribution in [0, 0.1) is 0 Å². The minimum atomic E-state index is 0.532. The van der Waals surface area contributed by atoms with Gasteiger partial charge < -0.3 is 0 Å². The van der Waals surface area contributed by atoms with E-state index >= 15 is 0 Å². The van der Waals surface area contributed by atoms with Gasteiger partial charge in [0.15, 0.2) is 0 Å². The molecule has 64 valence electrons. The van der Waals surface area contributed by atoms with Crippen LogP contribution in [0.1, 0.15) is 11.3 Å². The molecule has 6 nitrogen and oxygen atoms in total. The number of nitrogens with one attached hydrogen (secondary N) is 2. The van der Waals surface area contributed by atoms with Gasteiger partial charge in [0.2, 0.25) is 5.82 Å². The summed E-state index contributed by atoms with van der Waals surface area (Å²) in [6, 6.07) is 0. The third-order valence-corrected chi connectivity index (χ3v) is 2.05. The molecule has 6 heteroatoms. The zero-order valence-electron chi connectivity index (χ0n) is 6.65. The van der Waals surface area contributed by atoms with E-state index in [1.165, 1.54) is 0 Å². The first-order valence-corrected chi connectivity index (χ1v) is 3.93. The second-order valence-corrected chi connectivity index (χ2v) is 2.81. The number of allylic oxidation sites excluding steroid dienone is 1. The third kappa shape index (κ3) is 0.821. The molecule has 0 atom stereocenters. The second-order valence-electron chi connectivity index (χ2n) is 2.81. The average Bonchev–Trinajstić information content (AvgIpc) is 2.79. The summed E-state index contributed by atoms with van der Waals surface area (Å²) in [6.45, 7) is 0. The molecule has 0 radical (unpaired) electrons. The van der Waals surface area contributed by atoms with Gasteiger partial charge in [-0.05, 0) is 5.21 Å². The molecular formula is C7H6N6. The van der Waals surface area contributed by atoms with Crippen LogP contribution in [0.3, 0.4) is 0 Å². The Hall–Kier alpha value is -1.98. The van der Waals surface area contributed by atoms with Crippen molar-refractivity contribution < 1.29 is 0 Å². The number of aromatic nitrogens is 6. The Morgan fingerprint density at radius 2 is 2.31 bits per heavy atom. The van der Waals surface area contributed by atoms with E-state index in [1.807, 2.05) is 6.08 Å². The van der Waals surface area contributed by atoms with E-state index in [0.29, 0.717) is 5.82 Å². The number of tetrazole rings is 1. The predicted molar refractivity (Wildman–Crippen MR) is 44.5 cm³/mol. The van der Waals surface area contributed by atoms with Gasteiger partial charge >= 0.3 is 0 Å². The predicted octanol–water partition coefficient (Wildman–Crippen LogP) is 0.159. The summed E-state index contributed by atoms with van der Waals surface area (Å²) < 4.78 is 0. The van der Waals surface area contributed by atoms with Crippen molar-refractivity contribution in [3.63, 3.8) is 0 Å². The number of H-pyrrole nitrogens is 2. The fourth-order valence-electron chi connectivity index (χ4n) is 1.45. The maximum atomic E-state index is 4.12. The van der Waals surface area contributed by atoms with Gasteiger partial charge in [0, 0.05) is 17.7 Å². The summed E-state index contributed by atoms with van der Waals surface area (Å²) in [5.74, 6) is 0.532. The molecule has 0 saturated heterocycles. The second kappa shape index (κ2) is 2.25. The van der Waals surface area contributed by atoms with E-state index in [4.69, 9.17) is 0 Å². The Kier molecular flexibility index (Phi) is 1.13. The zero-order chi connectivity index (χ0) is 8.67. The lowest BCUT2D eigenvalue weighted by Crippen LogP contribution is -1.83. The molecule has 1 aliphatic carbocycles. The first-order chi connectivity index (χ1) is 6.45. The SMILES string of the molecule is C1=Cc2c(-c3nn[nH]n3)n[nH]c2C1. The van der Waals surface area contributed by atoms with Crippen molar-refractivity contribution in [2.75, 3.05) is 0 Å². The Balaban J connectivity index is 2.21. The van der Waals surface area contributed by atoms with Gasteiger partial charge in [-0.1, -0.05) is 12.2 Å². The summed E-state index contributed by atoms with van der Waals surface area (Å²) in [4.78, 5) is 0. The molecular weight excluding hydrogens is 168 g/mol. The monoisotopic (exact) mass is 174 g/mol. The number of nitrogens with zero attached hydrogens (tertiary/aromatic N) is 4. The number of hydrogen-bond donors (Lipinski definition) is 2. The highest BCUT2D eigenvalue weighted by Gasteiger charge is 2.17. The molecule has 2 aromatic rings. The van der Waals surface area contributed by atoms with E-state index in [0.717, 1.165) is 23.4 Å². The zero-order valence-corrected chi connectivity index (χ0v) is 6.65. The van der Waals surface area contributed by atoms with Gasteiger partial charge in [-0.15, -0.1) is 10.2 Å². The lowest BCUT2D eigenvalue weighted by Gasteiger charge is -1.87. The molecule has 0 aromatic carbocycles. The summed E-state index contributed by atoms with van der Waals surface area (Å²) in [5.41, 5.74) is 2.94. The van der Waals surface area contributed by atoms with Gasteiger partial charge in [-0.2, -0.15) is 10.3 Å². The largest absolute Gasteiger partial charge is 0.281 e. The van der Waals surface area contributed by atoms with Gasteiger partial charge in [0.05, 0.1) is 0 Å². The number of rotatable bonds is 1. The number of hydrogen-bond acceptors (Lipinski definition) is 4. The lowest BCUT2D eigenvalue weighted by atomic mass is 10.2. The quantitative estimate of drug-likeness (QED) is 0.645. The van der Waals surface area contributed by atoms with Gasteiger partial charge in [-0.3, -0.25) is 5.10 Å². The van der Waals surface area contributed by atoms with Gasteiger partial charge in [0.25, 0.3) is 0 Å². The van der Waals surface area contributed by atoms with Crippen LogP contribution in [-0.4, -0.2) is 30.8 Å². The molecule has 2 N–H and O–H groups in total. The van der Waals surface area contributed by atoms with Crippen molar-refractivity contribution in [3.8, 4) is 11.5 Å². The van der Waals surface area contributed by atoms with Crippen molar-refractivity contribution in [2.45, 2.75) is 6.42 Å². The van der Waals surface area contributed by atoms with Crippen molar-refractivity contribution in [1.82, 2.24) is 30.8 Å². The molecule has 0 amide bonds. The summed E-state index contributed by atoms with van der Waals surface area (Å²) in [6.07, 6.45) is 5.00. The highest BCUT2D eigenvalue weighted by molar-refractivity contribution is 5.71. The minimum Gasteiger partial charge on any atom is -0.281 e. The third-order valence-electron chi connectivity index (χ3n) is 2.05. The molecule has 0 bridgehead atoms. The fraction of sp³-hybridized carbons (Fsp3) is 0.143. The van der Waals surface area contributed by atoms with E-state index in [9.17, 15) is 0 Å². The first-order valence-electron chi connectivity index (χ1n) is 3.93.